The van der Waals surface area contributed by atoms with Gasteiger partial charge < -0.3 is 5.73 Å². The molecule has 2 rings (SSSR count). The van der Waals surface area contributed by atoms with E-state index < -0.39 is 15.9 Å². The smallest absolute Gasteiger partial charge is 0.241 e. The first-order valence-corrected chi connectivity index (χ1v) is 7.37. The lowest BCUT2D eigenvalue weighted by molar-refractivity contribution is -0.116. The molecule has 0 saturated heterocycles. The van der Waals surface area contributed by atoms with Crippen molar-refractivity contribution in [3.05, 3.63) is 29.3 Å². The number of aryl methyl sites for hydroxylation is 2. The van der Waals surface area contributed by atoms with Gasteiger partial charge in [-0.2, -0.15) is 0 Å². The van der Waals surface area contributed by atoms with Crippen LogP contribution < -0.4 is 10.5 Å². The fourth-order valence-electron chi connectivity index (χ4n) is 2.13. The molecule has 0 radical (unpaired) electrons. The Bertz CT molecular complexity index is 567. The molecule has 0 aliphatic heterocycles. The Kier molecular flexibility index (Phi) is 3.68. The van der Waals surface area contributed by atoms with Crippen molar-refractivity contribution in [3.63, 3.8) is 0 Å². The molecule has 6 heteroatoms. The van der Waals surface area contributed by atoms with E-state index in [-0.39, 0.29) is 11.4 Å². The summed E-state index contributed by atoms with van der Waals surface area (Å²) in [5.41, 5.74) is 7.23. The molecule has 1 aromatic carbocycles. The number of benzene rings is 1. The Morgan fingerprint density at radius 1 is 1.22 bits per heavy atom. The lowest BCUT2D eigenvalue weighted by Gasteiger charge is -2.16. The summed E-state index contributed by atoms with van der Waals surface area (Å²) < 4.78 is 26.0. The van der Waals surface area contributed by atoms with E-state index in [0.717, 1.165) is 31.2 Å². The molecule has 1 aliphatic rings. The van der Waals surface area contributed by atoms with Gasteiger partial charge in [-0.3, -0.25) is 4.79 Å². The van der Waals surface area contributed by atoms with E-state index in [1.54, 1.807) is 12.1 Å². The maximum Gasteiger partial charge on any atom is 0.241 e. The number of nitrogens with one attached hydrogen (secondary N) is 1. The van der Waals surface area contributed by atoms with Crippen LogP contribution in [0, 0.1) is 0 Å². The van der Waals surface area contributed by atoms with Crippen LogP contribution in [0.4, 0.5) is 0 Å². The summed E-state index contributed by atoms with van der Waals surface area (Å²) >= 11 is 0. The molecule has 0 unspecified atom stereocenters. The van der Waals surface area contributed by atoms with Crippen LogP contribution in [0.3, 0.4) is 0 Å². The maximum atomic E-state index is 11.9. The zero-order valence-corrected chi connectivity index (χ0v) is 10.8. The number of carbonyl (C=O) groups excluding carboxylic acids is 1. The first-order chi connectivity index (χ1) is 8.49. The molecular weight excluding hydrogens is 252 g/mol. The molecule has 0 heterocycles. The summed E-state index contributed by atoms with van der Waals surface area (Å²) in [4.78, 5) is 10.8. The van der Waals surface area contributed by atoms with Crippen molar-refractivity contribution in [2.75, 3.05) is 6.54 Å². The largest absolute Gasteiger partial charge is 0.369 e. The first-order valence-electron chi connectivity index (χ1n) is 5.89. The zero-order chi connectivity index (χ0) is 13.2. The van der Waals surface area contributed by atoms with Gasteiger partial charge in [0.2, 0.25) is 15.9 Å². The van der Waals surface area contributed by atoms with Crippen molar-refractivity contribution in [3.8, 4) is 0 Å². The molecule has 1 aromatic rings. The van der Waals surface area contributed by atoms with Crippen LogP contribution in [0.15, 0.2) is 23.1 Å². The van der Waals surface area contributed by atoms with E-state index in [1.807, 2.05) is 6.07 Å². The van der Waals surface area contributed by atoms with Gasteiger partial charge in [-0.15, -0.1) is 0 Å². The fourth-order valence-corrected chi connectivity index (χ4v) is 3.17. The lowest BCUT2D eigenvalue weighted by Crippen LogP contribution is -2.33. The number of nitrogens with two attached hydrogens (primary N) is 1. The molecule has 1 aliphatic carbocycles. The summed E-state index contributed by atoms with van der Waals surface area (Å²) in [5, 5.41) is 0. The SMILES string of the molecule is NC(=O)CNS(=O)(=O)c1ccc2c(c1)CCCC2. The molecular formula is C12H16N2O3S. The first kappa shape index (κ1) is 13.0. The van der Waals surface area contributed by atoms with Crippen molar-refractivity contribution in [1.82, 2.24) is 4.72 Å². The Morgan fingerprint density at radius 3 is 2.56 bits per heavy atom. The highest BCUT2D eigenvalue weighted by atomic mass is 32.2. The number of hydrogen-bond donors (Lipinski definition) is 2. The number of carbonyl (C=O) groups is 1. The predicted molar refractivity (Wildman–Crippen MR) is 67.5 cm³/mol. The molecule has 98 valence electrons. The van der Waals surface area contributed by atoms with Crippen molar-refractivity contribution >= 4 is 15.9 Å². The summed E-state index contributed by atoms with van der Waals surface area (Å²) in [6, 6.07) is 5.12. The number of amides is 1. The van der Waals surface area contributed by atoms with Gasteiger partial charge in [0, 0.05) is 0 Å². The average molecular weight is 268 g/mol. The Hall–Kier alpha value is -1.40. The average Bonchev–Trinajstić information content (AvgIpc) is 2.36. The summed E-state index contributed by atoms with van der Waals surface area (Å²) in [6.07, 6.45) is 4.16. The fraction of sp³-hybridized carbons (Fsp3) is 0.417. The van der Waals surface area contributed by atoms with Gasteiger partial charge in [0.25, 0.3) is 0 Å². The summed E-state index contributed by atoms with van der Waals surface area (Å²) in [7, 11) is -3.64. The second kappa shape index (κ2) is 5.07. The molecule has 0 atom stereocenters. The summed E-state index contributed by atoms with van der Waals surface area (Å²) in [5.74, 6) is -0.698. The molecule has 0 bridgehead atoms. The summed E-state index contributed by atoms with van der Waals surface area (Å²) in [6.45, 7) is -0.376. The van der Waals surface area contributed by atoms with Crippen molar-refractivity contribution in [2.45, 2.75) is 30.6 Å². The molecule has 0 spiro atoms. The molecule has 0 saturated carbocycles. The Labute approximate surface area is 106 Å². The standard InChI is InChI=1S/C12H16N2O3S/c13-12(15)8-14-18(16,17)11-6-5-9-3-1-2-4-10(9)7-11/h5-7,14H,1-4,8H2,(H2,13,15). The van der Waals surface area contributed by atoms with Gasteiger partial charge in [-0.25, -0.2) is 13.1 Å². The molecule has 0 fully saturated rings. The van der Waals surface area contributed by atoms with E-state index in [9.17, 15) is 13.2 Å². The number of primary amides is 1. The Morgan fingerprint density at radius 2 is 1.89 bits per heavy atom. The number of rotatable bonds is 4. The monoisotopic (exact) mass is 268 g/mol. The third-order valence-electron chi connectivity index (χ3n) is 3.07. The minimum Gasteiger partial charge on any atom is -0.369 e. The number of hydrogen-bond acceptors (Lipinski definition) is 3. The van der Waals surface area contributed by atoms with E-state index in [1.165, 1.54) is 5.56 Å². The van der Waals surface area contributed by atoms with E-state index in [2.05, 4.69) is 4.72 Å². The van der Waals surface area contributed by atoms with E-state index in [0.29, 0.717) is 0 Å². The molecule has 18 heavy (non-hydrogen) atoms. The molecule has 5 nitrogen and oxygen atoms in total. The van der Waals surface area contributed by atoms with E-state index in [4.69, 9.17) is 5.73 Å². The molecule has 1 amide bonds. The van der Waals surface area contributed by atoms with Gasteiger partial charge >= 0.3 is 0 Å². The highest BCUT2D eigenvalue weighted by Crippen LogP contribution is 2.23. The Balaban J connectivity index is 2.25. The van der Waals surface area contributed by atoms with Gasteiger partial charge in [0.05, 0.1) is 11.4 Å². The molecule has 0 aromatic heterocycles. The number of sulfonamides is 1. The second-order valence-corrected chi connectivity index (χ2v) is 6.20. The number of fused-ring (bicyclic) bond motifs is 1. The zero-order valence-electron chi connectivity index (χ0n) is 9.98. The predicted octanol–water partition coefficient (Wildman–Crippen LogP) is 0.329. The van der Waals surface area contributed by atoms with Crippen LogP contribution in [0.25, 0.3) is 0 Å². The van der Waals surface area contributed by atoms with Crippen LogP contribution >= 0.6 is 0 Å². The second-order valence-electron chi connectivity index (χ2n) is 4.43. The highest BCUT2D eigenvalue weighted by molar-refractivity contribution is 7.89. The van der Waals surface area contributed by atoms with Crippen molar-refractivity contribution in [1.29, 1.82) is 0 Å². The van der Waals surface area contributed by atoms with Crippen molar-refractivity contribution in [2.24, 2.45) is 5.73 Å². The van der Waals surface area contributed by atoms with Gasteiger partial charge in [-0.05, 0) is 48.9 Å². The van der Waals surface area contributed by atoms with Crippen LogP contribution in [-0.2, 0) is 27.7 Å². The van der Waals surface area contributed by atoms with E-state index >= 15 is 0 Å². The van der Waals surface area contributed by atoms with Gasteiger partial charge in [-0.1, -0.05) is 6.07 Å². The van der Waals surface area contributed by atoms with Crippen molar-refractivity contribution < 1.29 is 13.2 Å². The van der Waals surface area contributed by atoms with Crippen LogP contribution in [0.1, 0.15) is 24.0 Å². The van der Waals surface area contributed by atoms with Gasteiger partial charge in [0.15, 0.2) is 0 Å². The topological polar surface area (TPSA) is 89.3 Å². The van der Waals surface area contributed by atoms with Crippen LogP contribution in [0.5, 0.6) is 0 Å². The van der Waals surface area contributed by atoms with Crippen LogP contribution in [0.2, 0.25) is 0 Å². The minimum atomic E-state index is -3.64. The molecule has 3 N–H and O–H groups in total. The van der Waals surface area contributed by atoms with Gasteiger partial charge in [0.1, 0.15) is 0 Å². The highest BCUT2D eigenvalue weighted by Gasteiger charge is 2.17. The minimum absolute atomic E-state index is 0.199. The normalized spacial score (nSPS) is 15.1. The lowest BCUT2D eigenvalue weighted by atomic mass is 9.92. The third-order valence-corrected chi connectivity index (χ3v) is 4.47. The maximum absolute atomic E-state index is 11.9. The quantitative estimate of drug-likeness (QED) is 0.824. The third kappa shape index (κ3) is 2.88. The van der Waals surface area contributed by atoms with Crippen LogP contribution in [-0.4, -0.2) is 20.9 Å².